The monoisotopic (exact) mass is 393 g/mol. The van der Waals surface area contributed by atoms with E-state index in [4.69, 9.17) is 4.74 Å². The Balaban J connectivity index is 1.25. The van der Waals surface area contributed by atoms with Crippen LogP contribution >= 0.6 is 0 Å². The van der Waals surface area contributed by atoms with E-state index in [2.05, 4.69) is 70.3 Å². The van der Waals surface area contributed by atoms with Crippen LogP contribution in [0, 0.1) is 0 Å². The number of piperidine rings is 1. The van der Waals surface area contributed by atoms with Crippen LogP contribution in [-0.4, -0.2) is 69.3 Å². The average molecular weight is 394 g/mol. The maximum atomic E-state index is 5.96. The van der Waals surface area contributed by atoms with Gasteiger partial charge in [-0.2, -0.15) is 0 Å². The molecule has 2 heterocycles. The molecule has 0 unspecified atom stereocenters. The van der Waals surface area contributed by atoms with Gasteiger partial charge >= 0.3 is 0 Å². The third-order valence-electron chi connectivity index (χ3n) is 6.26. The lowest BCUT2D eigenvalue weighted by Gasteiger charge is -2.34. The number of benzene rings is 2. The van der Waals surface area contributed by atoms with Gasteiger partial charge in [-0.25, -0.2) is 0 Å². The first-order valence-corrected chi connectivity index (χ1v) is 11.3. The third kappa shape index (κ3) is 5.74. The van der Waals surface area contributed by atoms with Gasteiger partial charge in [-0.05, 0) is 74.8 Å². The molecule has 0 atom stereocenters. The minimum absolute atomic E-state index is 0.801. The van der Waals surface area contributed by atoms with Crippen LogP contribution in [-0.2, 0) is 0 Å². The highest BCUT2D eigenvalue weighted by Crippen LogP contribution is 2.25. The Morgan fingerprint density at radius 2 is 1.34 bits per heavy atom. The zero-order chi connectivity index (χ0) is 19.9. The summed E-state index contributed by atoms with van der Waals surface area (Å²) in [6.07, 6.45) is 5.23. The molecule has 2 fully saturated rings. The Labute approximate surface area is 176 Å². The zero-order valence-corrected chi connectivity index (χ0v) is 17.9. The number of likely N-dealkylation sites (N-methyl/N-ethyl adjacent to an activating group) is 1. The van der Waals surface area contributed by atoms with Gasteiger partial charge in [0.15, 0.2) is 0 Å². The highest BCUT2D eigenvalue weighted by molar-refractivity contribution is 5.67. The van der Waals surface area contributed by atoms with E-state index in [0.717, 1.165) is 51.5 Å². The van der Waals surface area contributed by atoms with Crippen LogP contribution in [0.2, 0.25) is 0 Å². The molecule has 4 nitrogen and oxygen atoms in total. The van der Waals surface area contributed by atoms with Crippen molar-refractivity contribution in [3.05, 3.63) is 48.5 Å². The second-order valence-electron chi connectivity index (χ2n) is 8.47. The molecule has 0 saturated carbocycles. The fraction of sp³-hybridized carbons (Fsp3) is 0.520. The first-order chi connectivity index (χ1) is 14.3. The number of ether oxygens (including phenoxy) is 1. The van der Waals surface area contributed by atoms with E-state index in [9.17, 15) is 0 Å². The maximum absolute atomic E-state index is 5.96. The molecular formula is C25H35N3O. The van der Waals surface area contributed by atoms with Crippen LogP contribution in [0.5, 0.6) is 5.75 Å². The minimum Gasteiger partial charge on any atom is -0.494 e. The summed E-state index contributed by atoms with van der Waals surface area (Å²) in [5, 5.41) is 0. The summed E-state index contributed by atoms with van der Waals surface area (Å²) in [4.78, 5) is 7.44. The highest BCUT2D eigenvalue weighted by atomic mass is 16.5. The maximum Gasteiger partial charge on any atom is 0.119 e. The largest absolute Gasteiger partial charge is 0.494 e. The normalized spacial score (nSPS) is 18.7. The van der Waals surface area contributed by atoms with Crippen molar-refractivity contribution in [1.29, 1.82) is 0 Å². The quantitative estimate of drug-likeness (QED) is 0.651. The van der Waals surface area contributed by atoms with E-state index in [1.807, 2.05) is 0 Å². The van der Waals surface area contributed by atoms with Gasteiger partial charge < -0.3 is 19.4 Å². The zero-order valence-electron chi connectivity index (χ0n) is 17.9. The SMILES string of the molecule is CN1CCN(c2ccc(-c3ccc(OCCCN4CCCCC4)cc3)cc2)CC1. The van der Waals surface area contributed by atoms with Crippen LogP contribution in [0.1, 0.15) is 25.7 Å². The summed E-state index contributed by atoms with van der Waals surface area (Å²) in [7, 11) is 2.20. The summed E-state index contributed by atoms with van der Waals surface area (Å²) >= 11 is 0. The molecule has 0 amide bonds. The molecule has 2 saturated heterocycles. The third-order valence-corrected chi connectivity index (χ3v) is 6.26. The minimum atomic E-state index is 0.801. The number of piperazine rings is 1. The van der Waals surface area contributed by atoms with Gasteiger partial charge in [0.2, 0.25) is 0 Å². The predicted molar refractivity (Wildman–Crippen MR) is 122 cm³/mol. The summed E-state index contributed by atoms with van der Waals surface area (Å²) in [6, 6.07) is 17.5. The molecule has 2 aliphatic rings. The van der Waals surface area contributed by atoms with E-state index < -0.39 is 0 Å². The van der Waals surface area contributed by atoms with Crippen molar-refractivity contribution in [2.45, 2.75) is 25.7 Å². The van der Waals surface area contributed by atoms with Gasteiger partial charge in [-0.1, -0.05) is 30.7 Å². The summed E-state index contributed by atoms with van der Waals surface area (Å²) < 4.78 is 5.96. The Morgan fingerprint density at radius 3 is 2.00 bits per heavy atom. The molecule has 0 aromatic heterocycles. The molecule has 0 aliphatic carbocycles. The molecule has 4 rings (SSSR count). The predicted octanol–water partition coefficient (Wildman–Crippen LogP) is 4.36. The van der Waals surface area contributed by atoms with Gasteiger partial charge in [-0.3, -0.25) is 0 Å². The Kier molecular flexibility index (Phi) is 7.07. The average Bonchev–Trinajstić information content (AvgIpc) is 2.79. The second-order valence-corrected chi connectivity index (χ2v) is 8.47. The lowest BCUT2D eigenvalue weighted by molar-refractivity contribution is 0.205. The van der Waals surface area contributed by atoms with Crippen molar-refractivity contribution in [3.63, 3.8) is 0 Å². The molecule has 29 heavy (non-hydrogen) atoms. The smallest absolute Gasteiger partial charge is 0.119 e. The van der Waals surface area contributed by atoms with Crippen molar-refractivity contribution < 1.29 is 4.74 Å². The summed E-state index contributed by atoms with van der Waals surface area (Å²) in [6.45, 7) is 9.00. The number of nitrogens with zero attached hydrogens (tertiary/aromatic N) is 3. The molecule has 0 N–H and O–H groups in total. The topological polar surface area (TPSA) is 19.0 Å². The molecule has 2 aromatic rings. The lowest BCUT2D eigenvalue weighted by Crippen LogP contribution is -2.44. The van der Waals surface area contributed by atoms with Crippen molar-refractivity contribution in [1.82, 2.24) is 9.80 Å². The standard InChI is InChI=1S/C25H35N3O/c1-26-17-19-28(20-18-26)24-10-6-22(7-11-24)23-8-12-25(13-9-23)29-21-5-16-27-14-3-2-4-15-27/h6-13H,2-5,14-21H2,1H3. The fourth-order valence-corrected chi connectivity index (χ4v) is 4.33. The summed E-state index contributed by atoms with van der Waals surface area (Å²) in [5.74, 6) is 0.974. The molecular weight excluding hydrogens is 358 g/mol. The Morgan fingerprint density at radius 1 is 0.724 bits per heavy atom. The Hall–Kier alpha value is -2.04. The number of rotatable bonds is 7. The van der Waals surface area contributed by atoms with Crippen molar-refractivity contribution >= 4 is 5.69 Å². The van der Waals surface area contributed by atoms with E-state index in [1.165, 1.54) is 49.2 Å². The number of hydrogen-bond donors (Lipinski definition) is 0. The molecule has 2 aromatic carbocycles. The van der Waals surface area contributed by atoms with E-state index >= 15 is 0 Å². The molecule has 156 valence electrons. The van der Waals surface area contributed by atoms with Gasteiger partial charge in [0, 0.05) is 38.4 Å². The molecule has 0 radical (unpaired) electrons. The van der Waals surface area contributed by atoms with Crippen molar-refractivity contribution in [3.8, 4) is 16.9 Å². The number of likely N-dealkylation sites (tertiary alicyclic amines) is 1. The van der Waals surface area contributed by atoms with Gasteiger partial charge in [-0.15, -0.1) is 0 Å². The van der Waals surface area contributed by atoms with Crippen molar-refractivity contribution in [2.75, 3.05) is 64.4 Å². The molecule has 4 heteroatoms. The summed E-state index contributed by atoms with van der Waals surface area (Å²) in [5.41, 5.74) is 3.84. The second kappa shape index (κ2) is 10.1. The van der Waals surface area contributed by atoms with Crippen LogP contribution in [0.15, 0.2) is 48.5 Å². The fourth-order valence-electron chi connectivity index (χ4n) is 4.33. The van der Waals surface area contributed by atoms with E-state index in [-0.39, 0.29) is 0 Å². The van der Waals surface area contributed by atoms with E-state index in [1.54, 1.807) is 0 Å². The van der Waals surface area contributed by atoms with Gasteiger partial charge in [0.1, 0.15) is 5.75 Å². The lowest BCUT2D eigenvalue weighted by atomic mass is 10.0. The molecule has 0 spiro atoms. The van der Waals surface area contributed by atoms with Gasteiger partial charge in [0.05, 0.1) is 6.61 Å². The van der Waals surface area contributed by atoms with E-state index in [0.29, 0.717) is 0 Å². The first kappa shape index (κ1) is 20.2. The van der Waals surface area contributed by atoms with Crippen LogP contribution in [0.3, 0.4) is 0 Å². The molecule has 0 bridgehead atoms. The van der Waals surface area contributed by atoms with Crippen LogP contribution < -0.4 is 9.64 Å². The van der Waals surface area contributed by atoms with Gasteiger partial charge in [0.25, 0.3) is 0 Å². The first-order valence-electron chi connectivity index (χ1n) is 11.3. The number of anilines is 1. The number of hydrogen-bond acceptors (Lipinski definition) is 4. The van der Waals surface area contributed by atoms with Crippen LogP contribution in [0.25, 0.3) is 11.1 Å². The Bertz CT molecular complexity index is 730. The highest BCUT2D eigenvalue weighted by Gasteiger charge is 2.14. The van der Waals surface area contributed by atoms with Crippen molar-refractivity contribution in [2.24, 2.45) is 0 Å². The molecule has 2 aliphatic heterocycles. The van der Waals surface area contributed by atoms with Crippen LogP contribution in [0.4, 0.5) is 5.69 Å².